The van der Waals surface area contributed by atoms with Crippen LogP contribution in [-0.4, -0.2) is 21.1 Å². The fourth-order valence-corrected chi connectivity index (χ4v) is 1.58. The number of nitrogens with two attached hydrogens (primary N) is 1. The molecule has 0 fully saturated rings. The number of aliphatic carboxylic acids is 1. The molecule has 9 heteroatoms. The average molecular weight is 281 g/mol. The number of rotatable bonds is 3. The van der Waals surface area contributed by atoms with Gasteiger partial charge in [0.05, 0.1) is 9.95 Å². The van der Waals surface area contributed by atoms with Gasteiger partial charge < -0.3 is 15.9 Å². The van der Waals surface area contributed by atoms with Crippen LogP contribution in [0.5, 0.6) is 5.75 Å². The van der Waals surface area contributed by atoms with Gasteiger partial charge in [0.25, 0.3) is 0 Å². The molecule has 4 N–H and O–H groups in total. The molecule has 0 heterocycles. The molecule has 92 valence electrons. The summed E-state index contributed by atoms with van der Waals surface area (Å²) >= 11 is 11.1. The van der Waals surface area contributed by atoms with E-state index in [4.69, 9.17) is 34.0 Å². The summed E-state index contributed by atoms with van der Waals surface area (Å²) in [5.41, 5.74) is 4.00. The first-order valence-electron chi connectivity index (χ1n) is 4.11. The monoisotopic (exact) mass is 280 g/mol. The Morgan fingerprint density at radius 1 is 1.53 bits per heavy atom. The van der Waals surface area contributed by atoms with Crippen molar-refractivity contribution in [2.24, 2.45) is 5.73 Å². The number of carboxylic acids is 1. The lowest BCUT2D eigenvalue weighted by Crippen LogP contribution is -2.21. The number of phenols is 1. The number of nitro benzene ring substituents is 1. The largest absolute Gasteiger partial charge is 0.502 e. The molecule has 0 aliphatic carbocycles. The van der Waals surface area contributed by atoms with E-state index in [0.29, 0.717) is 0 Å². The second-order valence-corrected chi connectivity index (χ2v) is 3.82. The molecule has 0 bridgehead atoms. The van der Waals surface area contributed by atoms with Crippen LogP contribution in [0.2, 0.25) is 10.0 Å². The molecule has 1 aromatic carbocycles. The van der Waals surface area contributed by atoms with E-state index >= 15 is 0 Å². The van der Waals surface area contributed by atoms with Gasteiger partial charge in [0.15, 0.2) is 0 Å². The molecule has 1 atom stereocenters. The number of phenolic OH excluding ortho intramolecular Hbond substituents is 1. The minimum atomic E-state index is -1.64. The summed E-state index contributed by atoms with van der Waals surface area (Å²) in [6, 6.07) is -0.658. The summed E-state index contributed by atoms with van der Waals surface area (Å²) in [5.74, 6) is -2.37. The maximum absolute atomic E-state index is 10.7. The highest BCUT2D eigenvalue weighted by atomic mass is 35.5. The average Bonchev–Trinajstić information content (AvgIpc) is 2.22. The van der Waals surface area contributed by atoms with Crippen molar-refractivity contribution in [2.45, 2.75) is 6.04 Å². The third kappa shape index (κ3) is 2.41. The van der Waals surface area contributed by atoms with Gasteiger partial charge >= 0.3 is 11.7 Å². The zero-order chi connectivity index (χ0) is 13.3. The number of halogens is 2. The van der Waals surface area contributed by atoms with Crippen molar-refractivity contribution in [1.82, 2.24) is 0 Å². The van der Waals surface area contributed by atoms with Crippen LogP contribution >= 0.6 is 23.2 Å². The molecule has 0 saturated carbocycles. The second kappa shape index (κ2) is 4.74. The predicted octanol–water partition coefficient (Wildman–Crippen LogP) is 1.69. The molecule has 0 spiro atoms. The van der Waals surface area contributed by atoms with Crippen molar-refractivity contribution < 1.29 is 19.9 Å². The summed E-state index contributed by atoms with van der Waals surface area (Å²) in [5, 5.41) is 28.1. The first-order chi connectivity index (χ1) is 7.77. The first-order valence-corrected chi connectivity index (χ1v) is 4.86. The fraction of sp³-hybridized carbons (Fsp3) is 0.125. The van der Waals surface area contributed by atoms with E-state index in [1.165, 1.54) is 0 Å². The highest BCUT2D eigenvalue weighted by Crippen LogP contribution is 2.43. The molecular weight excluding hydrogens is 275 g/mol. The van der Waals surface area contributed by atoms with E-state index in [1.54, 1.807) is 0 Å². The Morgan fingerprint density at radius 2 is 2.06 bits per heavy atom. The van der Waals surface area contributed by atoms with Crippen LogP contribution in [0.4, 0.5) is 5.69 Å². The summed E-state index contributed by atoms with van der Waals surface area (Å²) in [6.45, 7) is 0. The zero-order valence-electron chi connectivity index (χ0n) is 8.05. The molecule has 7 nitrogen and oxygen atoms in total. The van der Waals surface area contributed by atoms with Crippen molar-refractivity contribution in [3.63, 3.8) is 0 Å². The van der Waals surface area contributed by atoms with Crippen LogP contribution in [-0.2, 0) is 4.79 Å². The Kier molecular flexibility index (Phi) is 3.76. The van der Waals surface area contributed by atoms with Crippen LogP contribution in [0.3, 0.4) is 0 Å². The van der Waals surface area contributed by atoms with Gasteiger partial charge in [-0.25, -0.2) is 0 Å². The first kappa shape index (κ1) is 13.5. The van der Waals surface area contributed by atoms with Crippen LogP contribution in [0.15, 0.2) is 6.07 Å². The lowest BCUT2D eigenvalue weighted by molar-refractivity contribution is -0.385. The molecule has 0 aliphatic heterocycles. The highest BCUT2D eigenvalue weighted by molar-refractivity contribution is 6.43. The third-order valence-corrected chi connectivity index (χ3v) is 2.76. The Hall–Kier alpha value is -1.57. The van der Waals surface area contributed by atoms with Gasteiger partial charge in [-0.2, -0.15) is 0 Å². The van der Waals surface area contributed by atoms with Gasteiger partial charge in [0.1, 0.15) is 11.1 Å². The molecule has 0 saturated heterocycles. The van der Waals surface area contributed by atoms with Crippen molar-refractivity contribution in [3.8, 4) is 5.75 Å². The summed E-state index contributed by atoms with van der Waals surface area (Å²) in [4.78, 5) is 20.3. The fourth-order valence-electron chi connectivity index (χ4n) is 1.16. The second-order valence-electron chi connectivity index (χ2n) is 3.03. The topological polar surface area (TPSA) is 127 Å². The number of aromatic hydroxyl groups is 1. The van der Waals surface area contributed by atoms with Crippen LogP contribution < -0.4 is 5.73 Å². The maximum atomic E-state index is 10.7. The summed E-state index contributed by atoms with van der Waals surface area (Å²) in [7, 11) is 0. The maximum Gasteiger partial charge on any atom is 0.331 e. The van der Waals surface area contributed by atoms with Crippen molar-refractivity contribution in [2.75, 3.05) is 0 Å². The molecule has 1 aromatic rings. The Morgan fingerprint density at radius 3 is 2.47 bits per heavy atom. The van der Waals surface area contributed by atoms with Gasteiger partial charge in [-0.15, -0.1) is 0 Å². The van der Waals surface area contributed by atoms with Gasteiger partial charge in [0.2, 0.25) is 5.75 Å². The molecule has 17 heavy (non-hydrogen) atoms. The van der Waals surface area contributed by atoms with Crippen LogP contribution in [0.1, 0.15) is 11.6 Å². The van der Waals surface area contributed by atoms with E-state index in [0.717, 1.165) is 6.07 Å². The van der Waals surface area contributed by atoms with Gasteiger partial charge in [0, 0.05) is 5.56 Å². The molecule has 1 rings (SSSR count). The zero-order valence-corrected chi connectivity index (χ0v) is 9.57. The standard InChI is InChI=1S/C8H6Cl2N2O5/c9-3-1-2(5(11)8(14)15)7(13)6(4(3)10)12(16)17/h1,5,13H,11H2,(H,14,15)/t5-/m0/s1. The number of carbonyl (C=O) groups is 1. The minimum absolute atomic E-state index is 0.261. The SMILES string of the molecule is N[C@H](C(=O)O)c1cc(Cl)c(Cl)c([N+](=O)[O-])c1O. The van der Waals surface area contributed by atoms with E-state index < -0.39 is 33.4 Å². The smallest absolute Gasteiger partial charge is 0.331 e. The number of nitro groups is 1. The van der Waals surface area contributed by atoms with E-state index in [1.807, 2.05) is 0 Å². The number of nitrogens with zero attached hydrogens (tertiary/aromatic N) is 1. The molecule has 0 unspecified atom stereocenters. The minimum Gasteiger partial charge on any atom is -0.502 e. The van der Waals surface area contributed by atoms with Gasteiger partial charge in [-0.3, -0.25) is 14.9 Å². The van der Waals surface area contributed by atoms with E-state index in [2.05, 4.69) is 0 Å². The number of benzene rings is 1. The van der Waals surface area contributed by atoms with Crippen molar-refractivity contribution in [1.29, 1.82) is 0 Å². The van der Waals surface area contributed by atoms with E-state index in [9.17, 15) is 20.0 Å². The van der Waals surface area contributed by atoms with Crippen molar-refractivity contribution in [3.05, 3.63) is 31.8 Å². The van der Waals surface area contributed by atoms with Gasteiger partial charge in [-0.05, 0) is 6.07 Å². The lowest BCUT2D eigenvalue weighted by Gasteiger charge is -2.11. The number of hydrogen-bond acceptors (Lipinski definition) is 5. The van der Waals surface area contributed by atoms with Crippen LogP contribution in [0, 0.1) is 10.1 Å². The summed E-state index contributed by atoms with van der Waals surface area (Å²) in [6.07, 6.45) is 0. The van der Waals surface area contributed by atoms with Gasteiger partial charge in [-0.1, -0.05) is 23.2 Å². The quantitative estimate of drug-likeness (QED) is 0.571. The van der Waals surface area contributed by atoms with Crippen molar-refractivity contribution >= 4 is 34.9 Å². The number of carboxylic acid groups (broad SMARTS) is 1. The molecule has 0 aromatic heterocycles. The molecular formula is C8H6Cl2N2O5. The third-order valence-electron chi connectivity index (χ3n) is 1.98. The Bertz CT molecular complexity index is 505. The lowest BCUT2D eigenvalue weighted by atomic mass is 10.1. The Balaban J connectivity index is 3.55. The highest BCUT2D eigenvalue weighted by Gasteiger charge is 2.29. The molecule has 0 amide bonds. The van der Waals surface area contributed by atoms with E-state index in [-0.39, 0.29) is 10.6 Å². The van der Waals surface area contributed by atoms with Crippen LogP contribution in [0.25, 0.3) is 0 Å². The summed E-state index contributed by atoms with van der Waals surface area (Å²) < 4.78 is 0. The Labute approximate surface area is 105 Å². The molecule has 0 radical (unpaired) electrons. The normalized spacial score (nSPS) is 12.2. The number of hydrogen-bond donors (Lipinski definition) is 3. The predicted molar refractivity (Wildman–Crippen MR) is 59.3 cm³/mol. The molecule has 0 aliphatic rings.